The molecular formula is C19H20ClN3O2. The van der Waals surface area contributed by atoms with Gasteiger partial charge in [-0.2, -0.15) is 0 Å². The van der Waals surface area contributed by atoms with Crippen LogP contribution < -0.4 is 4.90 Å². The molecule has 25 heavy (non-hydrogen) atoms. The summed E-state index contributed by atoms with van der Waals surface area (Å²) in [6, 6.07) is 10.7. The Morgan fingerprint density at radius 1 is 1.20 bits per heavy atom. The number of fused-ring (bicyclic) bond motifs is 1. The number of benzene rings is 1. The fourth-order valence-electron chi connectivity index (χ4n) is 2.75. The Morgan fingerprint density at radius 2 is 2.04 bits per heavy atom. The van der Waals surface area contributed by atoms with Gasteiger partial charge in [0.05, 0.1) is 12.2 Å². The Balaban J connectivity index is 0.000000880. The van der Waals surface area contributed by atoms with Crippen molar-refractivity contribution in [3.05, 3.63) is 59.1 Å². The van der Waals surface area contributed by atoms with Crippen molar-refractivity contribution in [2.75, 3.05) is 11.4 Å². The minimum atomic E-state index is 0.214. The molecule has 0 fully saturated rings. The van der Waals surface area contributed by atoms with Crippen molar-refractivity contribution in [2.24, 2.45) is 0 Å². The highest BCUT2D eigenvalue weighted by atomic mass is 35.5. The average molecular weight is 358 g/mol. The van der Waals surface area contributed by atoms with E-state index in [4.69, 9.17) is 16.0 Å². The van der Waals surface area contributed by atoms with E-state index in [1.807, 2.05) is 36.9 Å². The standard InChI is InChI=1S/C17H14ClN3O2.C2H6/c18-11-4-5-15(22)14(9-11)21-8-6-16-13(10-21)20-17(23-16)12-3-1-2-7-19-12;1-2/h1-5,7,9,22H,6,8,10H2;1-2H3. The highest BCUT2D eigenvalue weighted by molar-refractivity contribution is 6.30. The van der Waals surface area contributed by atoms with Crippen molar-refractivity contribution in [1.29, 1.82) is 0 Å². The summed E-state index contributed by atoms with van der Waals surface area (Å²) in [4.78, 5) is 10.9. The van der Waals surface area contributed by atoms with Crippen LogP contribution in [0.15, 0.2) is 47.0 Å². The van der Waals surface area contributed by atoms with Crippen LogP contribution in [0.5, 0.6) is 5.75 Å². The van der Waals surface area contributed by atoms with E-state index in [1.165, 1.54) is 0 Å². The first-order valence-corrected chi connectivity index (χ1v) is 8.72. The minimum Gasteiger partial charge on any atom is -0.506 e. The lowest BCUT2D eigenvalue weighted by molar-refractivity contribution is 0.468. The van der Waals surface area contributed by atoms with E-state index in [2.05, 4.69) is 9.97 Å². The molecule has 0 spiro atoms. The molecule has 0 unspecified atom stereocenters. The predicted octanol–water partition coefficient (Wildman–Crippen LogP) is 4.68. The maximum absolute atomic E-state index is 10.1. The summed E-state index contributed by atoms with van der Waals surface area (Å²) in [6.45, 7) is 5.30. The number of phenolic OH excluding ortho intramolecular Hbond substituents is 1. The number of aromatic nitrogens is 2. The van der Waals surface area contributed by atoms with Gasteiger partial charge in [-0.15, -0.1) is 0 Å². The molecule has 0 bridgehead atoms. The second kappa shape index (κ2) is 7.57. The van der Waals surface area contributed by atoms with E-state index >= 15 is 0 Å². The van der Waals surface area contributed by atoms with Crippen molar-refractivity contribution < 1.29 is 9.52 Å². The molecule has 5 nitrogen and oxygen atoms in total. The van der Waals surface area contributed by atoms with Gasteiger partial charge in [0.15, 0.2) is 0 Å². The second-order valence-electron chi connectivity index (χ2n) is 5.41. The van der Waals surface area contributed by atoms with Crippen molar-refractivity contribution in [2.45, 2.75) is 26.8 Å². The van der Waals surface area contributed by atoms with Crippen LogP contribution >= 0.6 is 11.6 Å². The van der Waals surface area contributed by atoms with Gasteiger partial charge in [-0.3, -0.25) is 4.98 Å². The molecule has 0 saturated carbocycles. The van der Waals surface area contributed by atoms with Crippen molar-refractivity contribution >= 4 is 17.3 Å². The molecule has 0 amide bonds. The molecular weight excluding hydrogens is 338 g/mol. The first kappa shape index (κ1) is 17.3. The number of phenols is 1. The fraction of sp³-hybridized carbons (Fsp3) is 0.263. The molecule has 0 saturated heterocycles. The lowest BCUT2D eigenvalue weighted by Crippen LogP contribution is -2.30. The molecule has 2 aromatic heterocycles. The third-order valence-corrected chi connectivity index (χ3v) is 4.12. The Morgan fingerprint density at radius 3 is 2.80 bits per heavy atom. The first-order valence-electron chi connectivity index (χ1n) is 8.34. The highest BCUT2D eigenvalue weighted by Crippen LogP contribution is 2.34. The first-order chi connectivity index (χ1) is 12.2. The van der Waals surface area contributed by atoms with Crippen LogP contribution in [0.4, 0.5) is 5.69 Å². The van der Waals surface area contributed by atoms with Gasteiger partial charge in [0.1, 0.15) is 22.9 Å². The number of pyridine rings is 1. The number of nitrogens with zero attached hydrogens (tertiary/aromatic N) is 3. The number of aromatic hydroxyl groups is 1. The second-order valence-corrected chi connectivity index (χ2v) is 5.84. The van der Waals surface area contributed by atoms with Gasteiger partial charge in [-0.1, -0.05) is 31.5 Å². The third kappa shape index (κ3) is 3.61. The number of oxazole rings is 1. The molecule has 3 heterocycles. The Labute approximate surface area is 151 Å². The lowest BCUT2D eigenvalue weighted by atomic mass is 10.1. The zero-order valence-electron chi connectivity index (χ0n) is 14.2. The van der Waals surface area contributed by atoms with Gasteiger partial charge in [0.25, 0.3) is 0 Å². The molecule has 1 aliphatic heterocycles. The van der Waals surface area contributed by atoms with Crippen molar-refractivity contribution in [3.8, 4) is 17.3 Å². The van der Waals surface area contributed by atoms with Gasteiger partial charge in [-0.05, 0) is 30.3 Å². The molecule has 0 atom stereocenters. The van der Waals surface area contributed by atoms with Crippen LogP contribution in [0, 0.1) is 0 Å². The van der Waals surface area contributed by atoms with E-state index in [9.17, 15) is 5.11 Å². The Bertz CT molecular complexity index is 849. The zero-order valence-corrected chi connectivity index (χ0v) is 15.0. The van der Waals surface area contributed by atoms with E-state index in [0.29, 0.717) is 23.1 Å². The zero-order chi connectivity index (χ0) is 17.8. The largest absolute Gasteiger partial charge is 0.506 e. The van der Waals surface area contributed by atoms with Crippen molar-refractivity contribution in [1.82, 2.24) is 9.97 Å². The number of rotatable bonds is 2. The summed E-state index contributed by atoms with van der Waals surface area (Å²) >= 11 is 6.04. The fourth-order valence-corrected chi connectivity index (χ4v) is 2.92. The molecule has 0 aliphatic carbocycles. The van der Waals surface area contributed by atoms with Crippen LogP contribution in [0.1, 0.15) is 25.3 Å². The Kier molecular flexibility index (Phi) is 5.24. The molecule has 0 radical (unpaired) electrons. The van der Waals surface area contributed by atoms with Crippen LogP contribution in [0.3, 0.4) is 0 Å². The number of hydrogen-bond donors (Lipinski definition) is 1. The van der Waals surface area contributed by atoms with E-state index < -0.39 is 0 Å². The molecule has 1 aromatic carbocycles. The molecule has 130 valence electrons. The van der Waals surface area contributed by atoms with E-state index in [-0.39, 0.29) is 5.75 Å². The molecule has 3 aromatic rings. The van der Waals surface area contributed by atoms with Crippen LogP contribution in [0.25, 0.3) is 11.6 Å². The van der Waals surface area contributed by atoms with Gasteiger partial charge < -0.3 is 14.4 Å². The summed E-state index contributed by atoms with van der Waals surface area (Å²) in [5, 5.41) is 10.7. The topological polar surface area (TPSA) is 62.4 Å². The Hall–Kier alpha value is -2.53. The molecule has 1 aliphatic rings. The summed E-state index contributed by atoms with van der Waals surface area (Å²) in [6.07, 6.45) is 2.44. The van der Waals surface area contributed by atoms with Gasteiger partial charge in [-0.25, -0.2) is 4.98 Å². The lowest BCUT2D eigenvalue weighted by Gasteiger charge is -2.28. The molecule has 1 N–H and O–H groups in total. The number of hydrogen-bond acceptors (Lipinski definition) is 5. The van der Waals surface area contributed by atoms with Crippen LogP contribution in [-0.4, -0.2) is 21.6 Å². The minimum absolute atomic E-state index is 0.214. The average Bonchev–Trinajstić information content (AvgIpc) is 3.09. The monoisotopic (exact) mass is 357 g/mol. The van der Waals surface area contributed by atoms with Gasteiger partial charge >= 0.3 is 0 Å². The smallest absolute Gasteiger partial charge is 0.245 e. The van der Waals surface area contributed by atoms with Gasteiger partial charge in [0, 0.05) is 24.2 Å². The third-order valence-electron chi connectivity index (χ3n) is 3.89. The quantitative estimate of drug-likeness (QED) is 0.721. The normalized spacial score (nSPS) is 13.0. The van der Waals surface area contributed by atoms with Crippen molar-refractivity contribution in [3.63, 3.8) is 0 Å². The number of halogens is 1. The maximum atomic E-state index is 10.1. The SMILES string of the molecule is CC.Oc1ccc(Cl)cc1N1CCc2oc(-c3ccccn3)nc2C1. The molecule has 4 rings (SSSR count). The summed E-state index contributed by atoms with van der Waals surface area (Å²) in [7, 11) is 0. The predicted molar refractivity (Wildman–Crippen MR) is 99.0 cm³/mol. The maximum Gasteiger partial charge on any atom is 0.245 e. The summed E-state index contributed by atoms with van der Waals surface area (Å²) in [5.41, 5.74) is 2.31. The van der Waals surface area contributed by atoms with E-state index in [1.54, 1.807) is 24.4 Å². The number of anilines is 1. The van der Waals surface area contributed by atoms with Gasteiger partial charge in [0.2, 0.25) is 5.89 Å². The summed E-state index contributed by atoms with van der Waals surface area (Å²) in [5.74, 6) is 1.63. The highest BCUT2D eigenvalue weighted by Gasteiger charge is 2.24. The molecule has 6 heteroatoms. The van der Waals surface area contributed by atoms with E-state index in [0.717, 1.165) is 30.1 Å². The summed E-state index contributed by atoms with van der Waals surface area (Å²) < 4.78 is 5.84. The van der Waals surface area contributed by atoms with Crippen LogP contribution in [0.2, 0.25) is 5.02 Å². The van der Waals surface area contributed by atoms with Crippen LogP contribution in [-0.2, 0) is 13.0 Å².